The third-order valence-corrected chi connectivity index (χ3v) is 4.58. The summed E-state index contributed by atoms with van der Waals surface area (Å²) in [5.74, 6) is 1.82. The predicted molar refractivity (Wildman–Crippen MR) is 102 cm³/mol. The van der Waals surface area contributed by atoms with E-state index in [2.05, 4.69) is 25.9 Å². The van der Waals surface area contributed by atoms with Gasteiger partial charge in [-0.25, -0.2) is 4.52 Å². The van der Waals surface area contributed by atoms with Gasteiger partial charge in [-0.1, -0.05) is 11.2 Å². The number of nitrogens with one attached hydrogen (secondary N) is 2. The van der Waals surface area contributed by atoms with Crippen LogP contribution in [-0.2, 0) is 9.63 Å². The molecule has 1 amide bonds. The van der Waals surface area contributed by atoms with Gasteiger partial charge in [0.05, 0.1) is 5.69 Å². The second-order valence-electron chi connectivity index (χ2n) is 6.68. The topological polar surface area (TPSA) is 102 Å². The number of anilines is 1. The zero-order chi connectivity index (χ0) is 18.9. The van der Waals surface area contributed by atoms with Gasteiger partial charge in [0.15, 0.2) is 18.2 Å². The van der Waals surface area contributed by atoms with Crippen molar-refractivity contribution in [1.29, 1.82) is 0 Å². The molecule has 0 atom stereocenters. The molecule has 9 heteroatoms. The van der Waals surface area contributed by atoms with Crippen molar-refractivity contribution >= 4 is 23.3 Å². The first-order valence-electron chi connectivity index (χ1n) is 9.09. The smallest absolute Gasteiger partial charge is 0.249 e. The van der Waals surface area contributed by atoms with Crippen molar-refractivity contribution in [2.24, 2.45) is 11.1 Å². The molecule has 2 aliphatic rings. The summed E-state index contributed by atoms with van der Waals surface area (Å²) in [5.41, 5.74) is 2.51. The molecular formula is C19H18N6O3. The van der Waals surface area contributed by atoms with Gasteiger partial charge < -0.3 is 14.9 Å². The van der Waals surface area contributed by atoms with E-state index in [1.807, 2.05) is 42.5 Å². The lowest BCUT2D eigenvalue weighted by Crippen LogP contribution is -2.24. The second-order valence-corrected chi connectivity index (χ2v) is 6.68. The molecular weight excluding hydrogens is 360 g/mol. The van der Waals surface area contributed by atoms with E-state index in [1.165, 1.54) is 0 Å². The van der Waals surface area contributed by atoms with Crippen molar-refractivity contribution in [2.75, 3.05) is 18.7 Å². The van der Waals surface area contributed by atoms with Crippen LogP contribution in [0.1, 0.15) is 12.8 Å². The van der Waals surface area contributed by atoms with Crippen molar-refractivity contribution in [3.63, 3.8) is 0 Å². The zero-order valence-electron chi connectivity index (χ0n) is 15.0. The molecule has 0 unspecified atom stereocenters. The van der Waals surface area contributed by atoms with Gasteiger partial charge in [-0.2, -0.15) is 4.98 Å². The number of benzene rings is 1. The van der Waals surface area contributed by atoms with E-state index >= 15 is 0 Å². The van der Waals surface area contributed by atoms with Crippen molar-refractivity contribution in [3.8, 4) is 17.0 Å². The summed E-state index contributed by atoms with van der Waals surface area (Å²) in [6, 6.07) is 13.4. The molecule has 0 spiro atoms. The molecule has 2 aromatic heterocycles. The number of carbonyl (C=O) groups is 1. The lowest BCUT2D eigenvalue weighted by atomic mass is 10.1. The fourth-order valence-electron chi connectivity index (χ4n) is 2.94. The minimum atomic E-state index is -0.00860. The Hall–Kier alpha value is -3.62. The number of pyridine rings is 1. The largest absolute Gasteiger partial charge is 0.486 e. The van der Waals surface area contributed by atoms with E-state index in [-0.39, 0.29) is 11.8 Å². The molecule has 0 radical (unpaired) electrons. The van der Waals surface area contributed by atoms with Gasteiger partial charge in [0.1, 0.15) is 12.4 Å². The highest BCUT2D eigenvalue weighted by Gasteiger charge is 2.30. The normalized spacial score (nSPS) is 15.6. The number of hydrogen-bond acceptors (Lipinski definition) is 7. The summed E-state index contributed by atoms with van der Waals surface area (Å²) in [6.07, 6.45) is 1.88. The number of carbonyl (C=O) groups excluding carboxylic acids is 1. The highest BCUT2D eigenvalue weighted by atomic mass is 16.6. The van der Waals surface area contributed by atoms with Gasteiger partial charge in [-0.15, -0.1) is 5.10 Å². The van der Waals surface area contributed by atoms with Crippen LogP contribution >= 0.6 is 0 Å². The Bertz CT molecular complexity index is 1060. The van der Waals surface area contributed by atoms with Crippen LogP contribution in [0.4, 0.5) is 5.95 Å². The van der Waals surface area contributed by atoms with Crippen LogP contribution in [0.15, 0.2) is 47.6 Å². The third kappa shape index (κ3) is 3.34. The van der Waals surface area contributed by atoms with Crippen LogP contribution in [-0.4, -0.2) is 39.7 Å². The monoisotopic (exact) mass is 378 g/mol. The summed E-state index contributed by atoms with van der Waals surface area (Å²) < 4.78 is 7.42. The molecule has 3 heterocycles. The first-order valence-corrected chi connectivity index (χ1v) is 9.09. The van der Waals surface area contributed by atoms with Gasteiger partial charge in [0.25, 0.3) is 0 Å². The Morgan fingerprint density at radius 2 is 2.11 bits per heavy atom. The molecule has 1 aliphatic heterocycles. The fourth-order valence-corrected chi connectivity index (χ4v) is 2.94. The highest BCUT2D eigenvalue weighted by Crippen LogP contribution is 2.30. The van der Waals surface area contributed by atoms with Crippen molar-refractivity contribution in [1.82, 2.24) is 19.9 Å². The number of aromatic nitrogens is 3. The maximum atomic E-state index is 12.0. The molecule has 1 saturated carbocycles. The second kappa shape index (κ2) is 6.84. The average molecular weight is 378 g/mol. The first kappa shape index (κ1) is 16.5. The molecule has 0 saturated heterocycles. The van der Waals surface area contributed by atoms with E-state index in [9.17, 15) is 4.79 Å². The Balaban J connectivity index is 1.35. The SMILES string of the molecule is O=C(Nc1nc2cccc(-c3ccc(OCC4=NOCN4)cc3)n2n1)C1CC1. The fraction of sp³-hybridized carbons (Fsp3) is 0.263. The summed E-state index contributed by atoms with van der Waals surface area (Å²) in [6.45, 7) is 0.699. The van der Waals surface area contributed by atoms with Crippen molar-refractivity contribution in [3.05, 3.63) is 42.5 Å². The lowest BCUT2D eigenvalue weighted by molar-refractivity contribution is -0.117. The molecule has 9 nitrogen and oxygen atoms in total. The van der Waals surface area contributed by atoms with E-state index < -0.39 is 0 Å². The molecule has 3 aromatic rings. The van der Waals surface area contributed by atoms with E-state index in [0.29, 0.717) is 30.8 Å². The van der Waals surface area contributed by atoms with Crippen LogP contribution in [0.25, 0.3) is 16.9 Å². The van der Waals surface area contributed by atoms with Crippen LogP contribution in [0, 0.1) is 5.92 Å². The Morgan fingerprint density at radius 3 is 2.86 bits per heavy atom. The maximum absolute atomic E-state index is 12.0. The van der Waals surface area contributed by atoms with Crippen LogP contribution in [0.2, 0.25) is 0 Å². The number of amidine groups is 1. The maximum Gasteiger partial charge on any atom is 0.249 e. The van der Waals surface area contributed by atoms with Gasteiger partial charge in [0, 0.05) is 11.5 Å². The predicted octanol–water partition coefficient (Wildman–Crippen LogP) is 2.01. The Kier molecular flexibility index (Phi) is 4.04. The molecule has 5 rings (SSSR count). The number of nitrogens with zero attached hydrogens (tertiary/aromatic N) is 4. The number of fused-ring (bicyclic) bond motifs is 1. The average Bonchev–Trinajstić information content (AvgIpc) is 3.28. The van der Waals surface area contributed by atoms with E-state index in [0.717, 1.165) is 29.8 Å². The summed E-state index contributed by atoms with van der Waals surface area (Å²) in [4.78, 5) is 21.2. The highest BCUT2D eigenvalue weighted by molar-refractivity contribution is 5.92. The van der Waals surface area contributed by atoms with Crippen molar-refractivity contribution < 1.29 is 14.4 Å². The van der Waals surface area contributed by atoms with E-state index in [1.54, 1.807) is 4.52 Å². The molecule has 1 aliphatic carbocycles. The lowest BCUT2D eigenvalue weighted by Gasteiger charge is -2.07. The minimum Gasteiger partial charge on any atom is -0.486 e. The van der Waals surface area contributed by atoms with Gasteiger partial charge >= 0.3 is 0 Å². The summed E-state index contributed by atoms with van der Waals surface area (Å²) in [5, 5.41) is 14.0. The molecule has 2 N–H and O–H groups in total. The number of hydrogen-bond donors (Lipinski definition) is 2. The van der Waals surface area contributed by atoms with Crippen LogP contribution in [0.3, 0.4) is 0 Å². The number of amides is 1. The Labute approximate surface area is 160 Å². The number of oxime groups is 1. The zero-order valence-corrected chi connectivity index (χ0v) is 15.0. The number of rotatable bonds is 6. The standard InChI is InChI=1S/C19H18N6O3/c26-18(13-4-5-13)22-19-21-17-3-1-2-15(25(17)23-19)12-6-8-14(9-7-12)27-10-16-20-11-28-24-16/h1-3,6-9,13H,4-5,10-11H2,(H,20,24)(H,22,23,26). The molecule has 142 valence electrons. The summed E-state index contributed by atoms with van der Waals surface area (Å²) >= 11 is 0. The van der Waals surface area contributed by atoms with Crippen LogP contribution in [0.5, 0.6) is 5.75 Å². The van der Waals surface area contributed by atoms with Gasteiger partial charge in [-0.3, -0.25) is 10.1 Å². The third-order valence-electron chi connectivity index (χ3n) is 4.58. The minimum absolute atomic E-state index is 0.00860. The van der Waals surface area contributed by atoms with Crippen LogP contribution < -0.4 is 15.4 Å². The van der Waals surface area contributed by atoms with Gasteiger partial charge in [0.2, 0.25) is 11.9 Å². The first-order chi connectivity index (χ1) is 13.8. The van der Waals surface area contributed by atoms with E-state index in [4.69, 9.17) is 9.57 Å². The Morgan fingerprint density at radius 1 is 1.25 bits per heavy atom. The molecule has 28 heavy (non-hydrogen) atoms. The molecule has 1 fully saturated rings. The molecule has 1 aromatic carbocycles. The van der Waals surface area contributed by atoms with Crippen molar-refractivity contribution in [2.45, 2.75) is 12.8 Å². The quantitative estimate of drug-likeness (QED) is 0.680. The molecule has 0 bridgehead atoms. The number of ether oxygens (including phenoxy) is 1. The van der Waals surface area contributed by atoms with Gasteiger partial charge in [-0.05, 0) is 49.2 Å². The summed E-state index contributed by atoms with van der Waals surface area (Å²) in [7, 11) is 0.